The Morgan fingerprint density at radius 2 is 0.466 bits per heavy atom. The van der Waals surface area contributed by atoms with Gasteiger partial charge in [-0.15, -0.1) is 106 Å². The minimum absolute atomic E-state index is 0. The first kappa shape index (κ1) is 86.2. The van der Waals surface area contributed by atoms with Gasteiger partial charge in [-0.2, -0.15) is 178 Å². The molecular weight excluding hydrogens is 1370 g/mol. The van der Waals surface area contributed by atoms with Gasteiger partial charge in [0.1, 0.15) is 0 Å². The van der Waals surface area contributed by atoms with E-state index in [2.05, 4.69) is 255 Å². The molecule has 0 unspecified atom stereocenters. The molecule has 0 nitrogen and oxygen atoms in total. The van der Waals surface area contributed by atoms with Gasteiger partial charge in [0.15, 0.2) is 0 Å². The van der Waals surface area contributed by atoms with Crippen LogP contribution in [0.5, 0.6) is 0 Å². The molecule has 434 valence electrons. The van der Waals surface area contributed by atoms with Gasteiger partial charge in [0.25, 0.3) is 0 Å². The second-order valence-electron chi connectivity index (χ2n) is 18.6. The zero-order chi connectivity index (χ0) is 51.4. The molecule has 17 rings (SSSR count). The molecule has 3 aliphatic carbocycles. The summed E-state index contributed by atoms with van der Waals surface area (Å²) in [5.41, 5.74) is 16.5. The van der Waals surface area contributed by atoms with Gasteiger partial charge in [0, 0.05) is 0 Å². The Kier molecular flexibility index (Phi) is 45.3. The maximum atomic E-state index is 3.30. The second kappa shape index (κ2) is 46.2. The summed E-state index contributed by atoms with van der Waals surface area (Å²) in [4.78, 5) is 0. The Labute approximate surface area is 609 Å². The first-order valence-corrected chi connectivity index (χ1v) is 26.1. The van der Waals surface area contributed by atoms with E-state index >= 15 is 0 Å². The molecule has 0 spiro atoms. The fraction of sp³-hybridized carbons (Fsp3) is 0.0357. The Morgan fingerprint density at radius 1 is 0.227 bits per heavy atom. The van der Waals surface area contributed by atoms with Gasteiger partial charge in [-0.05, 0) is 19.3 Å². The van der Waals surface area contributed by atoms with Crippen molar-refractivity contribution in [3.8, 4) is 33.4 Å². The number of rotatable bonds is 0. The summed E-state index contributed by atoms with van der Waals surface area (Å²) in [5, 5.41) is 7.99. The summed E-state index contributed by atoms with van der Waals surface area (Å²) in [6.07, 6.45) is 3.14. The Hall–Kier alpha value is -5.96. The molecule has 0 saturated heterocycles. The minimum atomic E-state index is 0. The van der Waals surface area contributed by atoms with Gasteiger partial charge >= 0.3 is 105 Å². The van der Waals surface area contributed by atoms with Crippen LogP contribution in [0.2, 0.25) is 0 Å². The van der Waals surface area contributed by atoms with Crippen LogP contribution in [-0.4, -0.2) is 0 Å². The van der Waals surface area contributed by atoms with Crippen LogP contribution < -0.4 is 0 Å². The Balaban J connectivity index is -0.000000935. The largest absolute Gasteiger partial charge is 4.00 e. The van der Waals surface area contributed by atoms with E-state index in [0.717, 1.165) is 19.3 Å². The molecule has 0 aromatic heterocycles. The normalized spacial score (nSPS) is 9.50. The quantitative estimate of drug-likeness (QED) is 0.133. The maximum absolute atomic E-state index is 3.30. The molecule has 4 heteroatoms. The van der Waals surface area contributed by atoms with E-state index in [-0.39, 0.29) is 164 Å². The molecule has 3 aliphatic rings. The van der Waals surface area contributed by atoms with E-state index in [1.807, 2.05) is 78.9 Å². The first-order chi connectivity index (χ1) is 37.7. The van der Waals surface area contributed by atoms with Crippen LogP contribution >= 0.6 is 0 Å². The molecular formula is C84H82Zr4. The van der Waals surface area contributed by atoms with Gasteiger partial charge in [0.05, 0.1) is 0 Å². The van der Waals surface area contributed by atoms with Crippen molar-refractivity contribution in [2.45, 2.75) is 19.3 Å². The van der Waals surface area contributed by atoms with Crippen molar-refractivity contribution in [2.24, 2.45) is 0 Å². The molecule has 0 radical (unpaired) electrons. The molecule has 0 bridgehead atoms. The van der Waals surface area contributed by atoms with Crippen LogP contribution in [0.25, 0.3) is 65.7 Å². The van der Waals surface area contributed by atoms with Crippen molar-refractivity contribution in [3.05, 3.63) is 426 Å². The van der Waals surface area contributed by atoms with Crippen molar-refractivity contribution in [1.82, 2.24) is 0 Å². The van der Waals surface area contributed by atoms with Crippen molar-refractivity contribution >= 4 is 32.3 Å². The predicted molar refractivity (Wildman–Crippen MR) is 375 cm³/mol. The molecule has 0 heterocycles. The van der Waals surface area contributed by atoms with Crippen LogP contribution in [0.3, 0.4) is 0 Å². The molecule has 0 fully saturated rings. The molecule has 0 atom stereocenters. The molecule has 0 saturated carbocycles. The Morgan fingerprint density at radius 3 is 0.716 bits per heavy atom. The topological polar surface area (TPSA) is 0 Å². The van der Waals surface area contributed by atoms with E-state index in [1.165, 1.54) is 99.1 Å². The third-order valence-electron chi connectivity index (χ3n) is 13.6. The molecule has 0 amide bonds. The summed E-state index contributed by atoms with van der Waals surface area (Å²) in [7, 11) is 0. The molecule has 0 aliphatic heterocycles. The predicted octanol–water partition coefficient (Wildman–Crippen LogP) is 23.3. The average molecular weight is 1460 g/mol. The fourth-order valence-electron chi connectivity index (χ4n) is 9.84. The van der Waals surface area contributed by atoms with E-state index in [0.29, 0.717) is 0 Å². The zero-order valence-corrected chi connectivity index (χ0v) is 62.5. The summed E-state index contributed by atoms with van der Waals surface area (Å²) < 4.78 is 0. The van der Waals surface area contributed by atoms with Gasteiger partial charge in [-0.3, -0.25) is 0 Å². The average Bonchev–Trinajstić information content (AvgIpc) is 3.30. The van der Waals surface area contributed by atoms with E-state index in [4.69, 9.17) is 0 Å². The number of hydrogen-bond donors (Lipinski definition) is 0. The Bertz CT molecular complexity index is 3290. The molecule has 14 aromatic carbocycles. The molecule has 0 N–H and O–H groups in total. The van der Waals surface area contributed by atoms with Crippen molar-refractivity contribution in [3.63, 3.8) is 0 Å². The van der Waals surface area contributed by atoms with Gasteiger partial charge in [0.2, 0.25) is 0 Å². The first-order valence-electron chi connectivity index (χ1n) is 26.1. The number of benzene rings is 9. The van der Waals surface area contributed by atoms with Gasteiger partial charge in [-0.25, -0.2) is 24.3 Å². The van der Waals surface area contributed by atoms with Crippen molar-refractivity contribution < 1.29 is 105 Å². The molecule has 14 aromatic rings. The van der Waals surface area contributed by atoms with Crippen LogP contribution in [0.4, 0.5) is 0 Å². The van der Waals surface area contributed by atoms with E-state index in [1.54, 1.807) is 0 Å². The number of hydrogen-bond acceptors (Lipinski definition) is 0. The third-order valence-corrected chi connectivity index (χ3v) is 13.6. The van der Waals surface area contributed by atoms with Crippen LogP contribution in [0, 0.1) is 77.6 Å². The van der Waals surface area contributed by atoms with Crippen LogP contribution in [0.1, 0.15) is 33.4 Å². The minimum Gasteiger partial charge on any atom is -0.358 e. The van der Waals surface area contributed by atoms with Crippen LogP contribution in [-0.2, 0) is 124 Å². The fourth-order valence-corrected chi connectivity index (χ4v) is 9.84. The second-order valence-corrected chi connectivity index (χ2v) is 18.6. The van der Waals surface area contributed by atoms with Gasteiger partial charge < -0.3 is 59.4 Å². The summed E-state index contributed by atoms with van der Waals surface area (Å²) in [5.74, 6) is 0. The van der Waals surface area contributed by atoms with E-state index in [9.17, 15) is 0 Å². The monoisotopic (exact) mass is 1450 g/mol. The third kappa shape index (κ3) is 23.8. The smallest absolute Gasteiger partial charge is 0.358 e. The van der Waals surface area contributed by atoms with Gasteiger partial charge in [-0.1, -0.05) is 124 Å². The van der Waals surface area contributed by atoms with E-state index < -0.39 is 0 Å². The summed E-state index contributed by atoms with van der Waals surface area (Å²) in [6.45, 7) is 0. The SMILES string of the molecule is [CH3-].[CH3-].[CH3-].[CH3-].[CH3-].[CH3-].[CH3-].[CH3-].[Zr+4].[Zr+4].[Zr+4].[Zr+4].[c-]1cccc2c1Cc1ccccc1-2.[c-]1cccc2c1Cc1ccccc1-2.[c-]1cccc2c1Cc1ccccc1-2.c1cc[cH-]c1.c1cc[cH-]c1.c1ccc2[cH-]ccc2c1.c1ccc2[cH-]ccc2c1.c1ccc2[cH-]ccc2c1. The standard InChI is InChI=1S/3C13H9.3C9H7.2C5H5.8CH3.4Zr/c3*1-3-7-12-10(5-1)9-11-6-2-4-8-13(11)12;3*1-2-5-9-7-3-6-8(9)4-1;2*1-2-4-5-3-1;;;;;;;;;;;;/h3*1-5,7-8H,9H2;3*1-7H;2*1-5H;8*1H3;;;;/q16*-1;4*+4. The summed E-state index contributed by atoms with van der Waals surface area (Å²) >= 11 is 0. The van der Waals surface area contributed by atoms with Crippen LogP contribution in [0.15, 0.2) is 315 Å². The van der Waals surface area contributed by atoms with Crippen molar-refractivity contribution in [1.29, 1.82) is 0 Å². The molecule has 88 heavy (non-hydrogen) atoms. The maximum Gasteiger partial charge on any atom is 4.00 e. The summed E-state index contributed by atoms with van der Waals surface area (Å²) in [6, 6.07) is 118. The van der Waals surface area contributed by atoms with Crippen molar-refractivity contribution in [2.75, 3.05) is 0 Å². The zero-order valence-electron chi connectivity index (χ0n) is 52.6. The number of fused-ring (bicyclic) bond motifs is 12.